The molecule has 0 saturated carbocycles. The monoisotopic (exact) mass is 296 g/mol. The highest BCUT2D eigenvalue weighted by Crippen LogP contribution is 2.28. The van der Waals surface area contributed by atoms with Crippen LogP contribution in [0.15, 0.2) is 24.4 Å². The standard InChI is InChI=1S/C14H14Cl2N2O/c15-11-1-2-13-12(7-11)14(16)10(8-17-13)9-18-3-5-19-6-4-18/h1-2,7-8H,3-6,9H2. The third-order valence-electron chi connectivity index (χ3n) is 3.33. The molecule has 0 N–H and O–H groups in total. The van der Waals surface area contributed by atoms with Crippen LogP contribution in [-0.4, -0.2) is 36.2 Å². The first-order valence-corrected chi connectivity index (χ1v) is 7.02. The first-order chi connectivity index (χ1) is 9.24. The summed E-state index contributed by atoms with van der Waals surface area (Å²) in [5, 5.41) is 2.35. The predicted molar refractivity (Wildman–Crippen MR) is 77.9 cm³/mol. The van der Waals surface area contributed by atoms with Crippen LogP contribution in [0, 0.1) is 0 Å². The van der Waals surface area contributed by atoms with Crippen LogP contribution in [-0.2, 0) is 11.3 Å². The van der Waals surface area contributed by atoms with E-state index in [4.69, 9.17) is 27.9 Å². The second kappa shape index (κ2) is 5.63. The normalized spacial score (nSPS) is 16.9. The van der Waals surface area contributed by atoms with Crippen molar-refractivity contribution < 1.29 is 4.74 Å². The molecule has 0 spiro atoms. The lowest BCUT2D eigenvalue weighted by Crippen LogP contribution is -2.35. The molecule has 1 aliphatic heterocycles. The number of hydrogen-bond donors (Lipinski definition) is 0. The highest BCUT2D eigenvalue weighted by Gasteiger charge is 2.14. The largest absolute Gasteiger partial charge is 0.379 e. The van der Waals surface area contributed by atoms with Gasteiger partial charge in [-0.15, -0.1) is 0 Å². The van der Waals surface area contributed by atoms with Crippen molar-refractivity contribution >= 4 is 34.1 Å². The molecular weight excluding hydrogens is 283 g/mol. The van der Waals surface area contributed by atoms with Crippen LogP contribution < -0.4 is 0 Å². The average Bonchev–Trinajstić information content (AvgIpc) is 2.44. The maximum atomic E-state index is 6.48. The Morgan fingerprint density at radius 3 is 2.79 bits per heavy atom. The lowest BCUT2D eigenvalue weighted by atomic mass is 10.1. The number of hydrogen-bond acceptors (Lipinski definition) is 3. The molecule has 1 saturated heterocycles. The van der Waals surface area contributed by atoms with Gasteiger partial charge in [-0.05, 0) is 18.2 Å². The lowest BCUT2D eigenvalue weighted by molar-refractivity contribution is 0.0342. The molecule has 2 heterocycles. The van der Waals surface area contributed by atoms with Crippen LogP contribution in [0.5, 0.6) is 0 Å². The Bertz CT molecular complexity index is 597. The Morgan fingerprint density at radius 2 is 2.00 bits per heavy atom. The molecule has 0 aliphatic carbocycles. The van der Waals surface area contributed by atoms with E-state index in [1.54, 1.807) is 0 Å². The third kappa shape index (κ3) is 2.84. The SMILES string of the molecule is Clc1ccc2ncc(CN3CCOCC3)c(Cl)c2c1. The number of morpholine rings is 1. The Morgan fingerprint density at radius 1 is 1.21 bits per heavy atom. The van der Waals surface area contributed by atoms with Gasteiger partial charge in [-0.25, -0.2) is 0 Å². The van der Waals surface area contributed by atoms with Gasteiger partial charge in [-0.2, -0.15) is 0 Å². The van der Waals surface area contributed by atoms with E-state index >= 15 is 0 Å². The van der Waals surface area contributed by atoms with E-state index in [-0.39, 0.29) is 0 Å². The fourth-order valence-corrected chi connectivity index (χ4v) is 2.72. The van der Waals surface area contributed by atoms with Gasteiger partial charge >= 0.3 is 0 Å². The van der Waals surface area contributed by atoms with Crippen LogP contribution in [0.3, 0.4) is 0 Å². The second-order valence-corrected chi connectivity index (χ2v) is 5.46. The van der Waals surface area contributed by atoms with Crippen molar-refractivity contribution in [3.63, 3.8) is 0 Å². The van der Waals surface area contributed by atoms with Crippen molar-refractivity contribution in [3.8, 4) is 0 Å². The van der Waals surface area contributed by atoms with Gasteiger partial charge in [-0.3, -0.25) is 9.88 Å². The van der Waals surface area contributed by atoms with Crippen LogP contribution >= 0.6 is 23.2 Å². The zero-order chi connectivity index (χ0) is 13.2. The fourth-order valence-electron chi connectivity index (χ4n) is 2.28. The maximum absolute atomic E-state index is 6.48. The van der Waals surface area contributed by atoms with Gasteiger partial charge in [0.05, 0.1) is 23.8 Å². The van der Waals surface area contributed by atoms with E-state index in [9.17, 15) is 0 Å². The van der Waals surface area contributed by atoms with Crippen LogP contribution in [0.2, 0.25) is 10.0 Å². The zero-order valence-electron chi connectivity index (χ0n) is 10.4. The van der Waals surface area contributed by atoms with Gasteiger partial charge in [0.25, 0.3) is 0 Å². The molecule has 100 valence electrons. The molecule has 3 rings (SSSR count). The van der Waals surface area contributed by atoms with E-state index < -0.39 is 0 Å². The van der Waals surface area contributed by atoms with Crippen molar-refractivity contribution in [2.45, 2.75) is 6.54 Å². The number of nitrogens with zero attached hydrogens (tertiary/aromatic N) is 2. The van der Waals surface area contributed by atoms with Crippen molar-refractivity contribution in [3.05, 3.63) is 40.0 Å². The molecule has 1 aromatic carbocycles. The molecule has 1 fully saturated rings. The van der Waals surface area contributed by atoms with E-state index in [0.29, 0.717) is 5.02 Å². The smallest absolute Gasteiger partial charge is 0.0718 e. The molecule has 5 heteroatoms. The van der Waals surface area contributed by atoms with E-state index in [1.807, 2.05) is 24.4 Å². The molecule has 0 atom stereocenters. The molecule has 2 aromatic rings. The molecule has 19 heavy (non-hydrogen) atoms. The first-order valence-electron chi connectivity index (χ1n) is 6.27. The summed E-state index contributed by atoms with van der Waals surface area (Å²) in [5.41, 5.74) is 1.92. The molecular formula is C14H14Cl2N2O. The number of aromatic nitrogens is 1. The number of halogens is 2. The summed E-state index contributed by atoms with van der Waals surface area (Å²) in [6.07, 6.45) is 1.86. The molecule has 0 bridgehead atoms. The Hall–Kier alpha value is -0.870. The number of fused-ring (bicyclic) bond motifs is 1. The third-order valence-corrected chi connectivity index (χ3v) is 4.02. The second-order valence-electron chi connectivity index (χ2n) is 4.65. The average molecular weight is 297 g/mol. The summed E-state index contributed by atoms with van der Waals surface area (Å²) in [6, 6.07) is 5.59. The summed E-state index contributed by atoms with van der Waals surface area (Å²) in [6.45, 7) is 4.24. The molecule has 3 nitrogen and oxygen atoms in total. The predicted octanol–water partition coefficient (Wildman–Crippen LogP) is 3.37. The molecule has 0 unspecified atom stereocenters. The van der Waals surface area contributed by atoms with Crippen LogP contribution in [0.25, 0.3) is 10.9 Å². The van der Waals surface area contributed by atoms with E-state index in [2.05, 4.69) is 9.88 Å². The quantitative estimate of drug-likeness (QED) is 0.849. The number of pyridine rings is 1. The van der Waals surface area contributed by atoms with E-state index in [0.717, 1.165) is 54.3 Å². The minimum Gasteiger partial charge on any atom is -0.379 e. The number of benzene rings is 1. The minimum atomic E-state index is 0.680. The summed E-state index contributed by atoms with van der Waals surface area (Å²) in [5.74, 6) is 0. The zero-order valence-corrected chi connectivity index (χ0v) is 11.9. The summed E-state index contributed by atoms with van der Waals surface area (Å²) >= 11 is 12.5. The van der Waals surface area contributed by atoms with Crippen LogP contribution in [0.1, 0.15) is 5.56 Å². The molecule has 1 aromatic heterocycles. The molecule has 0 amide bonds. The maximum Gasteiger partial charge on any atom is 0.0718 e. The van der Waals surface area contributed by atoms with Crippen molar-refractivity contribution in [1.29, 1.82) is 0 Å². The summed E-state index contributed by atoms with van der Waals surface area (Å²) in [4.78, 5) is 6.77. The lowest BCUT2D eigenvalue weighted by Gasteiger charge is -2.26. The van der Waals surface area contributed by atoms with Gasteiger partial charge < -0.3 is 4.74 Å². The highest BCUT2D eigenvalue weighted by atomic mass is 35.5. The highest BCUT2D eigenvalue weighted by molar-refractivity contribution is 6.37. The van der Waals surface area contributed by atoms with Crippen molar-refractivity contribution in [1.82, 2.24) is 9.88 Å². The first kappa shape index (κ1) is 13.1. The van der Waals surface area contributed by atoms with Gasteiger partial charge in [0.1, 0.15) is 0 Å². The summed E-state index contributed by atoms with van der Waals surface area (Å²) < 4.78 is 5.35. The Labute approximate surface area is 122 Å². The molecule has 0 radical (unpaired) electrons. The van der Waals surface area contributed by atoms with Crippen molar-refractivity contribution in [2.24, 2.45) is 0 Å². The van der Waals surface area contributed by atoms with Crippen molar-refractivity contribution in [2.75, 3.05) is 26.3 Å². The minimum absolute atomic E-state index is 0.680. The van der Waals surface area contributed by atoms with Gasteiger partial charge in [0.15, 0.2) is 0 Å². The topological polar surface area (TPSA) is 25.4 Å². The molecule has 1 aliphatic rings. The number of ether oxygens (including phenoxy) is 1. The van der Waals surface area contributed by atoms with Gasteiger partial charge in [0.2, 0.25) is 0 Å². The Kier molecular flexibility index (Phi) is 3.89. The van der Waals surface area contributed by atoms with Crippen LogP contribution in [0.4, 0.5) is 0 Å². The fraction of sp³-hybridized carbons (Fsp3) is 0.357. The van der Waals surface area contributed by atoms with Gasteiger partial charge in [0, 0.05) is 41.8 Å². The summed E-state index contributed by atoms with van der Waals surface area (Å²) in [7, 11) is 0. The van der Waals surface area contributed by atoms with Gasteiger partial charge in [-0.1, -0.05) is 23.2 Å². The Balaban J connectivity index is 1.92. The number of rotatable bonds is 2. The van der Waals surface area contributed by atoms with E-state index in [1.165, 1.54) is 0 Å².